The van der Waals surface area contributed by atoms with Crippen molar-refractivity contribution in [1.82, 2.24) is 0 Å². The molecule has 1 aromatic carbocycles. The van der Waals surface area contributed by atoms with Crippen molar-refractivity contribution in [2.24, 2.45) is 11.8 Å². The topological polar surface area (TPSA) is 9.23 Å². The van der Waals surface area contributed by atoms with Gasteiger partial charge in [0.2, 0.25) is 0 Å². The van der Waals surface area contributed by atoms with Gasteiger partial charge in [0.25, 0.3) is 0 Å². The molecule has 1 aromatic rings. The number of hydrogen-bond donors (Lipinski definition) is 0. The van der Waals surface area contributed by atoms with Gasteiger partial charge in [0.05, 0.1) is 12.0 Å². The summed E-state index contributed by atoms with van der Waals surface area (Å²) in [6.45, 7) is 1.94. The summed E-state index contributed by atoms with van der Waals surface area (Å²) in [6, 6.07) is 7.53. The lowest BCUT2D eigenvalue weighted by Gasteiger charge is -2.33. The number of alkyl halides is 3. The summed E-state index contributed by atoms with van der Waals surface area (Å²) in [5, 5.41) is 0. The van der Waals surface area contributed by atoms with Gasteiger partial charge in [0.1, 0.15) is 5.75 Å². The second-order valence-corrected chi connectivity index (χ2v) is 6.35. The van der Waals surface area contributed by atoms with Crippen LogP contribution in [0.5, 0.6) is 5.75 Å². The van der Waals surface area contributed by atoms with E-state index in [-0.39, 0.29) is 24.9 Å². The Kier molecular flexibility index (Phi) is 4.99. The largest absolute Gasteiger partial charge is 0.490 e. The lowest BCUT2D eigenvalue weighted by molar-refractivity contribution is -0.185. The van der Waals surface area contributed by atoms with Crippen LogP contribution in [-0.4, -0.2) is 12.3 Å². The molecule has 0 bridgehead atoms. The molecule has 1 aliphatic carbocycles. The van der Waals surface area contributed by atoms with E-state index in [9.17, 15) is 13.2 Å². The Bertz CT molecular complexity index is 439. The molecule has 0 spiro atoms. The maximum absolute atomic E-state index is 12.6. The minimum atomic E-state index is -4.04. The van der Waals surface area contributed by atoms with Gasteiger partial charge in [0, 0.05) is 4.47 Å². The molecule has 1 nitrogen and oxygen atoms in total. The molecule has 0 saturated heterocycles. The molecule has 0 aliphatic heterocycles. The fraction of sp³-hybridized carbons (Fsp3) is 0.600. The van der Waals surface area contributed by atoms with E-state index in [0.717, 1.165) is 10.2 Å². The number of rotatable bonds is 3. The van der Waals surface area contributed by atoms with Gasteiger partial charge in [-0.05, 0) is 56.7 Å². The lowest BCUT2D eigenvalue weighted by atomic mass is 9.79. The molecule has 2 rings (SSSR count). The summed E-state index contributed by atoms with van der Waals surface area (Å²) in [5.74, 6) is -0.172. The van der Waals surface area contributed by atoms with Crippen molar-refractivity contribution in [1.29, 1.82) is 0 Å². The highest BCUT2D eigenvalue weighted by Crippen LogP contribution is 2.40. The summed E-state index contributed by atoms with van der Waals surface area (Å²) in [6.07, 6.45) is -2.49. The molecule has 0 aromatic heterocycles. The first-order valence-electron chi connectivity index (χ1n) is 6.85. The molecule has 1 saturated carbocycles. The average Bonchev–Trinajstić information content (AvgIpc) is 2.38. The molecule has 1 fully saturated rings. The predicted octanol–water partition coefficient (Wildman–Crippen LogP) is 5.59. The average molecular weight is 351 g/mol. The molecule has 0 unspecified atom stereocenters. The van der Waals surface area contributed by atoms with E-state index in [1.54, 1.807) is 0 Å². The van der Waals surface area contributed by atoms with Crippen molar-refractivity contribution >= 4 is 15.9 Å². The molecule has 1 aliphatic rings. The second-order valence-electron chi connectivity index (χ2n) is 5.43. The van der Waals surface area contributed by atoms with E-state index in [0.29, 0.717) is 12.8 Å². The van der Waals surface area contributed by atoms with Crippen molar-refractivity contribution in [3.8, 4) is 5.75 Å². The lowest BCUT2D eigenvalue weighted by Crippen LogP contribution is -2.33. The van der Waals surface area contributed by atoms with Crippen LogP contribution in [0.15, 0.2) is 28.7 Å². The van der Waals surface area contributed by atoms with E-state index < -0.39 is 12.1 Å². The maximum atomic E-state index is 12.6. The molecule has 112 valence electrons. The Hall–Kier alpha value is -0.710. The highest BCUT2D eigenvalue weighted by atomic mass is 79.9. The number of hydrogen-bond acceptors (Lipinski definition) is 1. The molecule has 0 radical (unpaired) electrons. The fourth-order valence-electron chi connectivity index (χ4n) is 2.77. The van der Waals surface area contributed by atoms with Crippen molar-refractivity contribution < 1.29 is 17.9 Å². The van der Waals surface area contributed by atoms with Crippen molar-refractivity contribution in [3.63, 3.8) is 0 Å². The first kappa shape index (κ1) is 15.7. The van der Waals surface area contributed by atoms with Gasteiger partial charge >= 0.3 is 6.18 Å². The first-order chi connectivity index (χ1) is 9.36. The Morgan fingerprint density at radius 2 is 1.85 bits per heavy atom. The van der Waals surface area contributed by atoms with E-state index >= 15 is 0 Å². The van der Waals surface area contributed by atoms with E-state index in [2.05, 4.69) is 15.9 Å². The van der Waals surface area contributed by atoms with Gasteiger partial charge < -0.3 is 4.74 Å². The van der Waals surface area contributed by atoms with Gasteiger partial charge in [-0.25, -0.2) is 0 Å². The third-order valence-electron chi connectivity index (χ3n) is 4.02. The van der Waals surface area contributed by atoms with Crippen LogP contribution in [0.1, 0.15) is 32.6 Å². The number of ether oxygens (including phenoxy) is 1. The van der Waals surface area contributed by atoms with Crippen LogP contribution in [0.2, 0.25) is 0 Å². The van der Waals surface area contributed by atoms with E-state index in [1.807, 2.05) is 31.2 Å². The van der Waals surface area contributed by atoms with Crippen molar-refractivity contribution in [2.75, 3.05) is 0 Å². The molecule has 0 N–H and O–H groups in total. The Balaban J connectivity index is 1.87. The zero-order valence-electron chi connectivity index (χ0n) is 11.3. The molecule has 0 heterocycles. The third-order valence-corrected chi connectivity index (χ3v) is 4.51. The van der Waals surface area contributed by atoms with E-state index in [1.165, 1.54) is 0 Å². The normalized spacial score (nSPS) is 25.2. The predicted molar refractivity (Wildman–Crippen MR) is 75.7 cm³/mol. The summed E-state index contributed by atoms with van der Waals surface area (Å²) >= 11 is 3.37. The van der Waals surface area contributed by atoms with Crippen molar-refractivity contribution in [3.05, 3.63) is 28.7 Å². The molecule has 0 amide bonds. The van der Waals surface area contributed by atoms with Crippen LogP contribution in [0.3, 0.4) is 0 Å². The molecule has 20 heavy (non-hydrogen) atoms. The number of benzene rings is 1. The van der Waals surface area contributed by atoms with Gasteiger partial charge in [-0.15, -0.1) is 0 Å². The summed E-state index contributed by atoms with van der Waals surface area (Å²) < 4.78 is 44.7. The summed E-state index contributed by atoms with van der Waals surface area (Å²) in [5.41, 5.74) is 0. The molecular formula is C15H18BrF3O. The Morgan fingerprint density at radius 3 is 2.40 bits per heavy atom. The summed E-state index contributed by atoms with van der Waals surface area (Å²) in [7, 11) is 0. The first-order valence-corrected chi connectivity index (χ1v) is 7.64. The molecule has 5 heteroatoms. The third kappa shape index (κ3) is 4.14. The number of halogens is 4. The van der Waals surface area contributed by atoms with Crippen molar-refractivity contribution in [2.45, 2.75) is 44.9 Å². The minimum Gasteiger partial charge on any atom is -0.490 e. The fourth-order valence-corrected chi connectivity index (χ4v) is 3.15. The van der Waals surface area contributed by atoms with Crippen LogP contribution in [0.4, 0.5) is 13.2 Å². The standard InChI is InChI=1S/C15H18BrF3O/c1-10(20-14-4-2-3-13(16)9-14)11-5-7-12(8-6-11)15(17,18)19/h2-4,9-12H,5-8H2,1H3/t10-,11-,12-/m1/s1. The van der Waals surface area contributed by atoms with Gasteiger partial charge in [0.15, 0.2) is 0 Å². The summed E-state index contributed by atoms with van der Waals surface area (Å²) in [4.78, 5) is 0. The Labute approximate surface area is 125 Å². The van der Waals surface area contributed by atoms with Crippen LogP contribution < -0.4 is 4.74 Å². The van der Waals surface area contributed by atoms with Crippen LogP contribution in [0.25, 0.3) is 0 Å². The SMILES string of the molecule is C[C@@H](Oc1cccc(Br)c1)[C@H]1CC[C@H](C(F)(F)F)CC1. The van der Waals surface area contributed by atoms with Gasteiger partial charge in [-0.3, -0.25) is 0 Å². The van der Waals surface area contributed by atoms with Gasteiger partial charge in [-0.1, -0.05) is 22.0 Å². The Morgan fingerprint density at radius 1 is 1.20 bits per heavy atom. The molecule has 1 atom stereocenters. The zero-order chi connectivity index (χ0) is 14.8. The maximum Gasteiger partial charge on any atom is 0.391 e. The van der Waals surface area contributed by atoms with E-state index in [4.69, 9.17) is 4.74 Å². The monoisotopic (exact) mass is 350 g/mol. The second kappa shape index (κ2) is 6.37. The quantitative estimate of drug-likeness (QED) is 0.690. The van der Waals surface area contributed by atoms with Crippen LogP contribution in [-0.2, 0) is 0 Å². The van der Waals surface area contributed by atoms with Crippen LogP contribution >= 0.6 is 15.9 Å². The zero-order valence-corrected chi connectivity index (χ0v) is 12.9. The highest BCUT2D eigenvalue weighted by molar-refractivity contribution is 9.10. The smallest absolute Gasteiger partial charge is 0.391 e. The molecular weight excluding hydrogens is 333 g/mol. The highest BCUT2D eigenvalue weighted by Gasteiger charge is 2.42. The van der Waals surface area contributed by atoms with Gasteiger partial charge in [-0.2, -0.15) is 13.2 Å². The van der Waals surface area contributed by atoms with Crippen LogP contribution in [0, 0.1) is 11.8 Å². The minimum absolute atomic E-state index is 0.0570.